The van der Waals surface area contributed by atoms with E-state index in [2.05, 4.69) is 14.9 Å². The van der Waals surface area contributed by atoms with E-state index in [0.29, 0.717) is 0 Å². The zero-order valence-corrected chi connectivity index (χ0v) is 21.6. The maximum Gasteiger partial charge on any atom is 0.300 e. The molecule has 0 N–H and O–H groups in total. The Bertz CT molecular complexity index is 1660. The molecule has 216 valence electrons. The van der Waals surface area contributed by atoms with Gasteiger partial charge in [0.05, 0.1) is 37.0 Å². The number of ether oxygens (including phenoxy) is 2. The molecule has 1 aromatic heterocycles. The van der Waals surface area contributed by atoms with Crippen LogP contribution in [0.2, 0.25) is 0 Å². The predicted octanol–water partition coefficient (Wildman–Crippen LogP) is 3.66. The first kappa shape index (κ1) is 28.4. The number of nitro groups is 1. The van der Waals surface area contributed by atoms with Gasteiger partial charge in [-0.05, 0) is 46.7 Å². The summed E-state index contributed by atoms with van der Waals surface area (Å²) < 4.78 is 43.6. The highest BCUT2D eigenvalue weighted by Crippen LogP contribution is 2.35. The van der Waals surface area contributed by atoms with E-state index in [1.165, 1.54) is 30.3 Å². The highest BCUT2D eigenvalue weighted by atomic mass is 19.1. The van der Waals surface area contributed by atoms with Crippen LogP contribution in [0.15, 0.2) is 65.3 Å². The number of aromatic nitrogens is 2. The molecule has 0 radical (unpaired) electrons. The molecule has 1 atom stereocenters. The molecule has 5 rings (SSSR count). The molecule has 0 aliphatic carbocycles. The number of imide groups is 1. The first-order chi connectivity index (χ1) is 20.3. The second-order valence-electron chi connectivity index (χ2n) is 8.94. The molecule has 0 saturated carbocycles. The van der Waals surface area contributed by atoms with Crippen LogP contribution in [-0.2, 0) is 19.1 Å². The first-order valence-corrected chi connectivity index (χ1v) is 12.5. The van der Waals surface area contributed by atoms with Crippen molar-refractivity contribution in [3.05, 3.63) is 87.7 Å². The van der Waals surface area contributed by atoms with Gasteiger partial charge in [-0.3, -0.25) is 34.3 Å². The number of anilines is 2. The number of amides is 3. The van der Waals surface area contributed by atoms with Crippen LogP contribution in [0.4, 0.5) is 25.8 Å². The van der Waals surface area contributed by atoms with E-state index in [1.54, 1.807) is 12.1 Å². The lowest BCUT2D eigenvalue weighted by atomic mass is 9.97. The third-order valence-electron chi connectivity index (χ3n) is 6.39. The Hall–Kier alpha value is -5.15. The van der Waals surface area contributed by atoms with Crippen molar-refractivity contribution in [1.82, 2.24) is 15.2 Å². The number of nitro benzene ring substituents is 1. The molecular weight excluding hydrogens is 560 g/mol. The molecule has 4 aromatic rings. The van der Waals surface area contributed by atoms with E-state index in [9.17, 15) is 33.3 Å². The van der Waals surface area contributed by atoms with Crippen molar-refractivity contribution >= 4 is 45.8 Å². The summed E-state index contributed by atoms with van der Waals surface area (Å²) in [6.45, 7) is -0.837. The van der Waals surface area contributed by atoms with Gasteiger partial charge in [-0.2, -0.15) is 0 Å². The molecule has 1 aliphatic rings. The number of hydrogen-bond acceptors (Lipinski definition) is 10. The SMILES string of the molecule is O=C1c2ccccc2C(F)C(=O)N1CCOCCOCC(=O)N(c1ccc(F)cc1)c1ccc([N+](=O)[O-])c2nonc12. The fraction of sp³-hybridized carbons (Fsp3) is 0.222. The number of carbonyl (C=O) groups excluding carboxylic acids is 3. The minimum atomic E-state index is -1.94. The van der Waals surface area contributed by atoms with Gasteiger partial charge in [0.15, 0.2) is 5.52 Å². The third kappa shape index (κ3) is 5.55. The number of fused-ring (bicyclic) bond motifs is 2. The van der Waals surface area contributed by atoms with Gasteiger partial charge in [0.25, 0.3) is 17.7 Å². The minimum absolute atomic E-state index is 0.0231. The molecule has 2 heterocycles. The number of benzene rings is 3. The number of non-ortho nitro benzene ring substituents is 1. The third-order valence-corrected chi connectivity index (χ3v) is 6.39. The lowest BCUT2D eigenvalue weighted by Crippen LogP contribution is -2.45. The maximum atomic E-state index is 14.5. The number of carbonyl (C=O) groups is 3. The smallest absolute Gasteiger partial charge is 0.300 e. The lowest BCUT2D eigenvalue weighted by Gasteiger charge is -2.28. The van der Waals surface area contributed by atoms with Crippen LogP contribution in [0, 0.1) is 15.9 Å². The van der Waals surface area contributed by atoms with Crippen LogP contribution in [0.25, 0.3) is 11.0 Å². The van der Waals surface area contributed by atoms with Crippen molar-refractivity contribution < 1.29 is 42.2 Å². The van der Waals surface area contributed by atoms with Crippen LogP contribution >= 0.6 is 0 Å². The number of hydrogen-bond donors (Lipinski definition) is 0. The summed E-state index contributed by atoms with van der Waals surface area (Å²) >= 11 is 0. The van der Waals surface area contributed by atoms with Crippen molar-refractivity contribution in [2.24, 2.45) is 0 Å². The standard InChI is InChI=1S/C27H21F2N5O8/c28-16-5-7-17(8-6-16)33(20-9-10-21(34(38)39)25-24(20)30-42-31-25)22(35)15-41-14-13-40-12-11-32-26(36)19-4-2-1-3-18(19)23(29)27(32)37/h1-10,23H,11-15H2. The van der Waals surface area contributed by atoms with Crippen molar-refractivity contribution in [2.75, 3.05) is 37.9 Å². The number of rotatable bonds is 11. The van der Waals surface area contributed by atoms with Crippen LogP contribution in [0.1, 0.15) is 22.1 Å². The van der Waals surface area contributed by atoms with Crippen LogP contribution in [0.3, 0.4) is 0 Å². The van der Waals surface area contributed by atoms with Gasteiger partial charge < -0.3 is 9.47 Å². The average molecular weight is 581 g/mol. The Kier molecular flexibility index (Phi) is 8.21. The molecular formula is C27H21F2N5O8. The summed E-state index contributed by atoms with van der Waals surface area (Å²) in [6, 6.07) is 13.3. The van der Waals surface area contributed by atoms with Crippen molar-refractivity contribution in [1.29, 1.82) is 0 Å². The van der Waals surface area contributed by atoms with Crippen LogP contribution in [-0.4, -0.2) is 70.8 Å². The van der Waals surface area contributed by atoms with E-state index in [0.717, 1.165) is 28.0 Å². The topological polar surface area (TPSA) is 158 Å². The van der Waals surface area contributed by atoms with E-state index in [1.807, 2.05) is 0 Å². The van der Waals surface area contributed by atoms with Gasteiger partial charge >= 0.3 is 5.69 Å². The van der Waals surface area contributed by atoms with Gasteiger partial charge in [-0.15, -0.1) is 0 Å². The molecule has 1 unspecified atom stereocenters. The molecule has 42 heavy (non-hydrogen) atoms. The Balaban J connectivity index is 1.19. The second kappa shape index (κ2) is 12.2. The molecule has 13 nitrogen and oxygen atoms in total. The lowest BCUT2D eigenvalue weighted by molar-refractivity contribution is -0.383. The average Bonchev–Trinajstić information content (AvgIpc) is 3.48. The monoisotopic (exact) mass is 581 g/mol. The van der Waals surface area contributed by atoms with E-state index in [4.69, 9.17) is 9.47 Å². The molecule has 0 bridgehead atoms. The van der Waals surface area contributed by atoms with Crippen molar-refractivity contribution in [3.8, 4) is 0 Å². The molecule has 15 heteroatoms. The van der Waals surface area contributed by atoms with E-state index >= 15 is 0 Å². The van der Waals surface area contributed by atoms with E-state index in [-0.39, 0.29) is 65.6 Å². The summed E-state index contributed by atoms with van der Waals surface area (Å²) in [5, 5.41) is 18.6. The summed E-state index contributed by atoms with van der Waals surface area (Å²) in [5.41, 5.74) is -0.158. The predicted molar refractivity (Wildman–Crippen MR) is 140 cm³/mol. The Labute approximate surface area is 235 Å². The highest BCUT2D eigenvalue weighted by Gasteiger charge is 2.38. The fourth-order valence-corrected chi connectivity index (χ4v) is 4.42. The van der Waals surface area contributed by atoms with Crippen LogP contribution < -0.4 is 4.90 Å². The Morgan fingerprint density at radius 2 is 1.71 bits per heavy atom. The van der Waals surface area contributed by atoms with Crippen molar-refractivity contribution in [3.63, 3.8) is 0 Å². The van der Waals surface area contributed by atoms with Gasteiger partial charge in [-0.1, -0.05) is 18.2 Å². The summed E-state index contributed by atoms with van der Waals surface area (Å²) in [5.74, 6) is -2.75. The van der Waals surface area contributed by atoms with Crippen LogP contribution in [0.5, 0.6) is 0 Å². The quantitative estimate of drug-likeness (QED) is 0.111. The summed E-state index contributed by atoms with van der Waals surface area (Å²) in [6.07, 6.45) is -1.94. The molecule has 3 amide bonds. The minimum Gasteiger partial charge on any atom is -0.377 e. The Morgan fingerprint density at radius 3 is 2.48 bits per heavy atom. The summed E-state index contributed by atoms with van der Waals surface area (Å²) in [7, 11) is 0. The molecule has 0 spiro atoms. The zero-order chi connectivity index (χ0) is 29.8. The maximum absolute atomic E-state index is 14.5. The van der Waals surface area contributed by atoms with Crippen molar-refractivity contribution in [2.45, 2.75) is 6.17 Å². The zero-order valence-electron chi connectivity index (χ0n) is 21.6. The fourth-order valence-electron chi connectivity index (χ4n) is 4.42. The van der Waals surface area contributed by atoms with E-state index < -0.39 is 41.2 Å². The highest BCUT2D eigenvalue weighted by molar-refractivity contribution is 6.11. The van der Waals surface area contributed by atoms with Gasteiger partial charge in [0.2, 0.25) is 11.7 Å². The molecule has 3 aromatic carbocycles. The molecule has 0 fully saturated rings. The van der Waals surface area contributed by atoms with Gasteiger partial charge in [-0.25, -0.2) is 13.4 Å². The summed E-state index contributed by atoms with van der Waals surface area (Å²) in [4.78, 5) is 50.8. The molecule has 0 saturated heterocycles. The van der Waals surface area contributed by atoms with Gasteiger partial charge in [0.1, 0.15) is 12.4 Å². The number of halogens is 2. The normalized spacial score (nSPS) is 14.7. The second-order valence-corrected chi connectivity index (χ2v) is 8.94. The first-order valence-electron chi connectivity index (χ1n) is 12.5. The number of alkyl halides is 1. The molecule has 1 aliphatic heterocycles. The largest absolute Gasteiger partial charge is 0.377 e. The van der Waals surface area contributed by atoms with Gasteiger partial charge in [0, 0.05) is 22.9 Å². The number of nitrogens with zero attached hydrogens (tertiary/aromatic N) is 5. The Morgan fingerprint density at radius 1 is 1.00 bits per heavy atom.